The summed E-state index contributed by atoms with van der Waals surface area (Å²) in [5.41, 5.74) is 2.23. The molecule has 0 aliphatic rings. The number of hydrogen-bond donors (Lipinski definition) is 2. The number of benzene rings is 3. The molecule has 1 unspecified atom stereocenters. The van der Waals surface area contributed by atoms with Crippen LogP contribution >= 0.6 is 11.8 Å². The smallest absolute Gasteiger partial charge is 0.251 e. The van der Waals surface area contributed by atoms with Crippen molar-refractivity contribution in [3.8, 4) is 0 Å². The molecule has 28 heavy (non-hydrogen) atoms. The maximum Gasteiger partial charge on any atom is 0.251 e. The van der Waals surface area contributed by atoms with Crippen molar-refractivity contribution in [3.63, 3.8) is 0 Å². The van der Waals surface area contributed by atoms with Gasteiger partial charge in [-0.2, -0.15) is 0 Å². The Morgan fingerprint density at radius 3 is 2.14 bits per heavy atom. The average molecular weight is 391 g/mol. The van der Waals surface area contributed by atoms with Crippen LogP contribution in [0.1, 0.15) is 28.4 Å². The van der Waals surface area contributed by atoms with E-state index in [0.717, 1.165) is 16.1 Å². The molecule has 3 rings (SSSR count). The molecule has 3 aromatic carbocycles. The van der Waals surface area contributed by atoms with Gasteiger partial charge in [0.1, 0.15) is 0 Å². The van der Waals surface area contributed by atoms with Crippen LogP contribution in [0.2, 0.25) is 0 Å². The highest BCUT2D eigenvalue weighted by molar-refractivity contribution is 7.98. The zero-order chi connectivity index (χ0) is 19.8. The van der Waals surface area contributed by atoms with Gasteiger partial charge in [-0.25, -0.2) is 0 Å². The molecular formula is C23H22N2O2S. The maximum absolute atomic E-state index is 12.7. The number of anilines is 1. The second kappa shape index (κ2) is 9.76. The number of amides is 2. The third kappa shape index (κ3) is 5.24. The average Bonchev–Trinajstić information content (AvgIpc) is 2.75. The number of hydrogen-bond acceptors (Lipinski definition) is 3. The fourth-order valence-electron chi connectivity index (χ4n) is 2.90. The lowest BCUT2D eigenvalue weighted by Crippen LogP contribution is -2.31. The second-order valence-corrected chi connectivity index (χ2v) is 7.10. The number of carbonyl (C=O) groups is 2. The van der Waals surface area contributed by atoms with Crippen molar-refractivity contribution >= 4 is 29.3 Å². The minimum Gasteiger partial charge on any atom is -0.345 e. The molecule has 2 amide bonds. The summed E-state index contributed by atoms with van der Waals surface area (Å²) in [6.07, 6.45) is 2.11. The number of nitrogens with one attached hydrogen (secondary N) is 2. The highest BCUT2D eigenvalue weighted by atomic mass is 32.2. The molecule has 3 aromatic rings. The van der Waals surface area contributed by atoms with Gasteiger partial charge in [-0.3, -0.25) is 9.59 Å². The highest BCUT2D eigenvalue weighted by Gasteiger charge is 2.19. The van der Waals surface area contributed by atoms with E-state index < -0.39 is 6.04 Å². The first-order valence-corrected chi connectivity index (χ1v) is 10.2. The van der Waals surface area contributed by atoms with E-state index in [1.54, 1.807) is 23.9 Å². The Morgan fingerprint density at radius 2 is 1.46 bits per heavy atom. The first kappa shape index (κ1) is 19.7. The number of para-hydroxylation sites is 1. The maximum atomic E-state index is 12.7. The molecule has 0 heterocycles. The van der Waals surface area contributed by atoms with E-state index in [-0.39, 0.29) is 18.2 Å². The summed E-state index contributed by atoms with van der Waals surface area (Å²) in [5, 5.41) is 5.95. The molecule has 142 valence electrons. The van der Waals surface area contributed by atoms with E-state index in [2.05, 4.69) is 10.6 Å². The van der Waals surface area contributed by atoms with Crippen LogP contribution in [0, 0.1) is 0 Å². The lowest BCUT2D eigenvalue weighted by Gasteiger charge is -2.19. The van der Waals surface area contributed by atoms with Crippen molar-refractivity contribution in [1.82, 2.24) is 5.32 Å². The van der Waals surface area contributed by atoms with E-state index in [9.17, 15) is 9.59 Å². The van der Waals surface area contributed by atoms with Crippen molar-refractivity contribution in [2.24, 2.45) is 0 Å². The van der Waals surface area contributed by atoms with Crippen LogP contribution in [0.3, 0.4) is 0 Å². The zero-order valence-corrected chi connectivity index (χ0v) is 16.4. The fourth-order valence-corrected chi connectivity index (χ4v) is 3.46. The topological polar surface area (TPSA) is 58.2 Å². The van der Waals surface area contributed by atoms with Crippen LogP contribution < -0.4 is 10.6 Å². The van der Waals surface area contributed by atoms with Gasteiger partial charge in [-0.05, 0) is 36.1 Å². The van der Waals surface area contributed by atoms with Gasteiger partial charge < -0.3 is 10.6 Å². The third-order valence-corrected chi connectivity index (χ3v) is 5.11. The van der Waals surface area contributed by atoms with Gasteiger partial charge in [0.25, 0.3) is 5.91 Å². The fraction of sp³-hybridized carbons (Fsp3) is 0.130. The SMILES string of the molecule is CSc1ccccc1NC(=O)CC(NC(=O)c1ccccc1)c1ccccc1. The normalized spacial score (nSPS) is 11.5. The summed E-state index contributed by atoms with van der Waals surface area (Å²) in [4.78, 5) is 26.3. The number of carbonyl (C=O) groups excluding carboxylic acids is 2. The van der Waals surface area contributed by atoms with Crippen LogP contribution in [-0.2, 0) is 4.79 Å². The first-order valence-electron chi connectivity index (χ1n) is 9.01. The van der Waals surface area contributed by atoms with E-state index in [0.29, 0.717) is 5.56 Å². The van der Waals surface area contributed by atoms with Crippen molar-refractivity contribution in [2.45, 2.75) is 17.4 Å². The monoisotopic (exact) mass is 390 g/mol. The molecule has 0 radical (unpaired) electrons. The number of rotatable bonds is 7. The summed E-state index contributed by atoms with van der Waals surface area (Å²) in [6.45, 7) is 0. The van der Waals surface area contributed by atoms with E-state index >= 15 is 0 Å². The standard InChI is InChI=1S/C23H22N2O2S/c1-28-21-15-9-8-14-19(21)24-22(26)16-20(17-10-4-2-5-11-17)25-23(27)18-12-6-3-7-13-18/h2-15,20H,16H2,1H3,(H,24,26)(H,25,27). The molecule has 0 aliphatic heterocycles. The minimum absolute atomic E-state index is 0.144. The second-order valence-electron chi connectivity index (χ2n) is 6.26. The molecule has 4 nitrogen and oxygen atoms in total. The Kier molecular flexibility index (Phi) is 6.87. The molecular weight excluding hydrogens is 368 g/mol. The van der Waals surface area contributed by atoms with Gasteiger partial charge >= 0.3 is 0 Å². The van der Waals surface area contributed by atoms with Crippen molar-refractivity contribution in [1.29, 1.82) is 0 Å². The lowest BCUT2D eigenvalue weighted by atomic mass is 10.0. The van der Waals surface area contributed by atoms with Crippen molar-refractivity contribution in [2.75, 3.05) is 11.6 Å². The van der Waals surface area contributed by atoms with Gasteiger partial charge in [0.05, 0.1) is 18.2 Å². The van der Waals surface area contributed by atoms with Gasteiger partial charge in [-0.15, -0.1) is 11.8 Å². The van der Waals surface area contributed by atoms with Crippen molar-refractivity contribution in [3.05, 3.63) is 96.1 Å². The molecule has 0 saturated heterocycles. The van der Waals surface area contributed by atoms with Crippen molar-refractivity contribution < 1.29 is 9.59 Å². The van der Waals surface area contributed by atoms with E-state index in [1.165, 1.54) is 0 Å². The largest absolute Gasteiger partial charge is 0.345 e. The van der Waals surface area contributed by atoms with Crippen LogP contribution in [-0.4, -0.2) is 18.1 Å². The highest BCUT2D eigenvalue weighted by Crippen LogP contribution is 2.25. The summed E-state index contributed by atoms with van der Waals surface area (Å²) in [6, 6.07) is 25.8. The third-order valence-electron chi connectivity index (χ3n) is 4.31. The van der Waals surface area contributed by atoms with Gasteiger partial charge in [-0.1, -0.05) is 60.7 Å². The van der Waals surface area contributed by atoms with Crippen LogP contribution in [0.4, 0.5) is 5.69 Å². The summed E-state index contributed by atoms with van der Waals surface area (Å²) < 4.78 is 0. The molecule has 0 bridgehead atoms. The Morgan fingerprint density at radius 1 is 0.857 bits per heavy atom. The molecule has 0 aromatic heterocycles. The number of thioether (sulfide) groups is 1. The predicted molar refractivity (Wildman–Crippen MR) is 115 cm³/mol. The lowest BCUT2D eigenvalue weighted by molar-refractivity contribution is -0.116. The zero-order valence-electron chi connectivity index (χ0n) is 15.6. The molecule has 0 fully saturated rings. The van der Waals surface area contributed by atoms with Gasteiger partial charge in [0.2, 0.25) is 5.91 Å². The summed E-state index contributed by atoms with van der Waals surface area (Å²) >= 11 is 1.58. The molecule has 0 saturated carbocycles. The molecule has 1 atom stereocenters. The molecule has 2 N–H and O–H groups in total. The quantitative estimate of drug-likeness (QED) is 0.564. The first-order chi connectivity index (χ1) is 13.7. The Bertz CT molecular complexity index is 930. The van der Waals surface area contributed by atoms with Gasteiger partial charge in [0.15, 0.2) is 0 Å². The Balaban J connectivity index is 1.76. The molecule has 0 aliphatic carbocycles. The summed E-state index contributed by atoms with van der Waals surface area (Å²) in [5.74, 6) is -0.351. The Hall–Kier alpha value is -3.05. The van der Waals surface area contributed by atoms with Gasteiger partial charge in [0, 0.05) is 10.5 Å². The minimum atomic E-state index is -0.421. The summed E-state index contributed by atoms with van der Waals surface area (Å²) in [7, 11) is 0. The molecule has 0 spiro atoms. The predicted octanol–water partition coefficient (Wildman–Crippen LogP) is 4.91. The Labute approximate surface area is 169 Å². The van der Waals surface area contributed by atoms with Crippen LogP contribution in [0.15, 0.2) is 89.8 Å². The molecule has 5 heteroatoms. The van der Waals surface area contributed by atoms with E-state index in [4.69, 9.17) is 0 Å². The van der Waals surface area contributed by atoms with E-state index in [1.807, 2.05) is 79.1 Å². The van der Waals surface area contributed by atoms with Crippen LogP contribution in [0.25, 0.3) is 0 Å². The van der Waals surface area contributed by atoms with Crippen LogP contribution in [0.5, 0.6) is 0 Å².